The lowest BCUT2D eigenvalue weighted by Crippen LogP contribution is -2.41. The molecule has 1 atom stereocenters. The monoisotopic (exact) mass is 374 g/mol. The van der Waals surface area contributed by atoms with Crippen molar-refractivity contribution in [1.82, 2.24) is 19.5 Å². The van der Waals surface area contributed by atoms with Gasteiger partial charge in [0.15, 0.2) is 0 Å². The van der Waals surface area contributed by atoms with E-state index in [9.17, 15) is 4.79 Å². The van der Waals surface area contributed by atoms with Gasteiger partial charge < -0.3 is 9.64 Å². The molecule has 1 unspecified atom stereocenters. The van der Waals surface area contributed by atoms with E-state index in [1.165, 1.54) is 17.0 Å². The minimum absolute atomic E-state index is 0.159. The van der Waals surface area contributed by atoms with Crippen molar-refractivity contribution in [2.75, 3.05) is 24.6 Å². The van der Waals surface area contributed by atoms with Crippen LogP contribution in [-0.2, 0) is 11.8 Å². The molecule has 1 aliphatic heterocycles. The highest BCUT2D eigenvalue weighted by molar-refractivity contribution is 5.55. The van der Waals surface area contributed by atoms with Crippen molar-refractivity contribution in [2.45, 2.75) is 6.10 Å². The molecule has 1 saturated heterocycles. The molecule has 0 N–H and O–H groups in total. The van der Waals surface area contributed by atoms with Gasteiger partial charge in [0.1, 0.15) is 12.4 Å². The van der Waals surface area contributed by atoms with Crippen LogP contribution in [0.2, 0.25) is 0 Å². The molecular formula is C20H18N6O2. The summed E-state index contributed by atoms with van der Waals surface area (Å²) in [4.78, 5) is 27.3. The van der Waals surface area contributed by atoms with Gasteiger partial charge >= 0.3 is 0 Å². The molecule has 8 heteroatoms. The summed E-state index contributed by atoms with van der Waals surface area (Å²) in [6, 6.07) is 12.7. The molecule has 0 amide bonds. The highest BCUT2D eigenvalue weighted by atomic mass is 16.5. The average molecular weight is 374 g/mol. The number of ether oxygens (including phenoxy) is 1. The molecule has 2 aromatic heterocycles. The van der Waals surface area contributed by atoms with Crippen molar-refractivity contribution in [3.8, 4) is 17.5 Å². The second kappa shape index (κ2) is 7.58. The smallest absolute Gasteiger partial charge is 0.255 e. The van der Waals surface area contributed by atoms with Gasteiger partial charge in [-0.25, -0.2) is 15.0 Å². The largest absolute Gasteiger partial charge is 0.370 e. The van der Waals surface area contributed by atoms with E-state index >= 15 is 0 Å². The number of aromatic nitrogens is 4. The molecule has 1 aromatic carbocycles. The van der Waals surface area contributed by atoms with Crippen molar-refractivity contribution in [1.29, 1.82) is 5.26 Å². The van der Waals surface area contributed by atoms with Gasteiger partial charge in [0, 0.05) is 25.9 Å². The molecule has 0 spiro atoms. The van der Waals surface area contributed by atoms with Crippen LogP contribution in [0.4, 0.5) is 5.95 Å². The lowest BCUT2D eigenvalue weighted by atomic mass is 10.1. The van der Waals surface area contributed by atoms with Gasteiger partial charge in [-0.3, -0.25) is 9.36 Å². The first-order chi connectivity index (χ1) is 13.7. The summed E-state index contributed by atoms with van der Waals surface area (Å²) < 4.78 is 7.44. The van der Waals surface area contributed by atoms with Gasteiger partial charge in [0.05, 0.1) is 36.2 Å². The van der Waals surface area contributed by atoms with Crippen LogP contribution in [0.5, 0.6) is 0 Å². The highest BCUT2D eigenvalue weighted by Gasteiger charge is 2.25. The molecular weight excluding hydrogens is 356 g/mol. The Morgan fingerprint density at radius 3 is 2.93 bits per heavy atom. The van der Waals surface area contributed by atoms with Crippen LogP contribution < -0.4 is 10.5 Å². The van der Waals surface area contributed by atoms with Gasteiger partial charge in [-0.1, -0.05) is 12.1 Å². The highest BCUT2D eigenvalue weighted by Crippen LogP contribution is 2.26. The van der Waals surface area contributed by atoms with Gasteiger partial charge in [-0.05, 0) is 23.8 Å². The van der Waals surface area contributed by atoms with Gasteiger partial charge in [0.2, 0.25) is 5.95 Å². The van der Waals surface area contributed by atoms with Crippen LogP contribution in [0.25, 0.3) is 11.4 Å². The molecule has 0 radical (unpaired) electrons. The second-order valence-corrected chi connectivity index (χ2v) is 6.48. The average Bonchev–Trinajstić information content (AvgIpc) is 2.76. The Morgan fingerprint density at radius 2 is 2.14 bits per heavy atom. The van der Waals surface area contributed by atoms with Gasteiger partial charge in [0.25, 0.3) is 5.56 Å². The van der Waals surface area contributed by atoms with E-state index in [0.717, 1.165) is 5.56 Å². The van der Waals surface area contributed by atoms with Gasteiger partial charge in [-0.15, -0.1) is 0 Å². The molecule has 140 valence electrons. The third-order valence-electron chi connectivity index (χ3n) is 4.69. The molecule has 0 saturated carbocycles. The summed E-state index contributed by atoms with van der Waals surface area (Å²) in [6.45, 7) is 1.64. The number of rotatable bonds is 3. The first kappa shape index (κ1) is 17.8. The Hall–Kier alpha value is -3.57. The number of nitrogens with zero attached hydrogens (tertiary/aromatic N) is 6. The fourth-order valence-electron chi connectivity index (χ4n) is 3.22. The lowest BCUT2D eigenvalue weighted by molar-refractivity contribution is 0.0389. The summed E-state index contributed by atoms with van der Waals surface area (Å²) in [5, 5.41) is 9.14. The molecule has 3 heterocycles. The summed E-state index contributed by atoms with van der Waals surface area (Å²) in [7, 11) is 1.70. The van der Waals surface area contributed by atoms with Crippen molar-refractivity contribution >= 4 is 5.95 Å². The number of nitriles is 1. The Morgan fingerprint density at radius 1 is 1.25 bits per heavy atom. The number of hydrogen-bond acceptors (Lipinski definition) is 7. The maximum Gasteiger partial charge on any atom is 0.255 e. The van der Waals surface area contributed by atoms with E-state index in [1.807, 2.05) is 23.1 Å². The minimum Gasteiger partial charge on any atom is -0.370 e. The fraction of sp³-hybridized carbons (Fsp3) is 0.250. The molecule has 0 aliphatic carbocycles. The van der Waals surface area contributed by atoms with Crippen LogP contribution in [0.3, 0.4) is 0 Å². The summed E-state index contributed by atoms with van der Waals surface area (Å²) in [6.07, 6.45) is 2.84. The van der Waals surface area contributed by atoms with Crippen molar-refractivity contribution in [3.63, 3.8) is 0 Å². The lowest BCUT2D eigenvalue weighted by Gasteiger charge is -2.34. The predicted molar refractivity (Wildman–Crippen MR) is 103 cm³/mol. The number of benzene rings is 1. The minimum atomic E-state index is -0.207. The zero-order chi connectivity index (χ0) is 19.5. The Kier molecular flexibility index (Phi) is 4.83. The zero-order valence-corrected chi connectivity index (χ0v) is 15.3. The van der Waals surface area contributed by atoms with Crippen LogP contribution in [0, 0.1) is 11.3 Å². The van der Waals surface area contributed by atoms with Gasteiger partial charge in [-0.2, -0.15) is 5.26 Å². The normalized spacial score (nSPS) is 16.6. The predicted octanol–water partition coefficient (Wildman–Crippen LogP) is 1.69. The molecule has 1 aliphatic rings. The zero-order valence-electron chi connectivity index (χ0n) is 15.3. The first-order valence-corrected chi connectivity index (χ1v) is 8.87. The van der Waals surface area contributed by atoms with E-state index in [0.29, 0.717) is 42.6 Å². The van der Waals surface area contributed by atoms with Crippen molar-refractivity contribution in [3.05, 3.63) is 70.4 Å². The van der Waals surface area contributed by atoms with E-state index < -0.39 is 0 Å². The van der Waals surface area contributed by atoms with Crippen LogP contribution >= 0.6 is 0 Å². The standard InChI is InChI=1S/C20H18N6O2/c1-25-19(27)10-17(16-5-6-22-13-23-16)24-20(25)26-7-8-28-18(12-26)15-4-2-3-14(9-15)11-21/h2-6,9-10,13,18H,7-8,12H2,1H3. The van der Waals surface area contributed by atoms with E-state index in [2.05, 4.69) is 21.0 Å². The maximum absolute atomic E-state index is 12.5. The Labute approximate surface area is 161 Å². The number of anilines is 1. The molecule has 28 heavy (non-hydrogen) atoms. The Balaban J connectivity index is 1.67. The third kappa shape index (κ3) is 3.48. The van der Waals surface area contributed by atoms with E-state index in [4.69, 9.17) is 10.00 Å². The molecule has 8 nitrogen and oxygen atoms in total. The number of hydrogen-bond donors (Lipinski definition) is 0. The Bertz CT molecular complexity index is 1090. The SMILES string of the molecule is Cn1c(N2CCOC(c3cccc(C#N)c3)C2)nc(-c2ccncn2)cc1=O. The van der Waals surface area contributed by atoms with Crippen LogP contribution in [-0.4, -0.2) is 39.2 Å². The molecule has 1 fully saturated rings. The summed E-state index contributed by atoms with van der Waals surface area (Å²) in [5.74, 6) is 0.561. The summed E-state index contributed by atoms with van der Waals surface area (Å²) in [5.41, 5.74) is 2.47. The van der Waals surface area contributed by atoms with E-state index in [-0.39, 0.29) is 11.7 Å². The maximum atomic E-state index is 12.5. The quantitative estimate of drug-likeness (QED) is 0.688. The van der Waals surface area contributed by atoms with Crippen molar-refractivity contribution < 1.29 is 4.74 Å². The molecule has 4 rings (SSSR count). The van der Waals surface area contributed by atoms with E-state index in [1.54, 1.807) is 25.4 Å². The first-order valence-electron chi connectivity index (χ1n) is 8.87. The summed E-state index contributed by atoms with van der Waals surface area (Å²) >= 11 is 0. The number of morpholine rings is 1. The van der Waals surface area contributed by atoms with Crippen LogP contribution in [0.1, 0.15) is 17.2 Å². The molecule has 3 aromatic rings. The van der Waals surface area contributed by atoms with Crippen molar-refractivity contribution in [2.24, 2.45) is 7.05 Å². The molecule has 0 bridgehead atoms. The second-order valence-electron chi connectivity index (χ2n) is 6.48. The van der Waals surface area contributed by atoms with Crippen LogP contribution in [0.15, 0.2) is 53.7 Å². The topological polar surface area (TPSA) is 96.9 Å². The third-order valence-corrected chi connectivity index (χ3v) is 4.69. The fourth-order valence-corrected chi connectivity index (χ4v) is 3.22.